The van der Waals surface area contributed by atoms with Crippen LogP contribution in [0.3, 0.4) is 0 Å². The summed E-state index contributed by atoms with van der Waals surface area (Å²) in [7, 11) is -7.28. The third kappa shape index (κ3) is 3.28. The van der Waals surface area contributed by atoms with Gasteiger partial charge >= 0.3 is 33.8 Å². The molecule has 0 spiro atoms. The lowest BCUT2D eigenvalue weighted by molar-refractivity contribution is -0.480. The van der Waals surface area contributed by atoms with Crippen LogP contribution >= 0.6 is 0 Å². The fraction of sp³-hybridized carbons (Fsp3) is 0.667. The second-order valence-corrected chi connectivity index (χ2v) is 4.25. The van der Waals surface area contributed by atoms with E-state index in [1.807, 2.05) is 4.74 Å². The van der Waals surface area contributed by atoms with Crippen LogP contribution in [0.1, 0.15) is 0 Å². The molecular formula is C6H3F9O4S. The molecule has 0 saturated carbocycles. The van der Waals surface area contributed by atoms with Crippen LogP contribution in [-0.2, 0) is 19.7 Å². The molecule has 14 heteroatoms. The predicted octanol–water partition coefficient (Wildman–Crippen LogP) is 2.83. The molecule has 1 atom stereocenters. The molecule has 0 amide bonds. The molecule has 20 heavy (non-hydrogen) atoms. The molecule has 0 aromatic rings. The van der Waals surface area contributed by atoms with Crippen molar-refractivity contribution < 1.29 is 56.9 Å². The summed E-state index contributed by atoms with van der Waals surface area (Å²) in [5.41, 5.74) is -6.55. The van der Waals surface area contributed by atoms with E-state index in [2.05, 4.69) is 11.3 Å². The standard InChI is InChI=1S/C6H3F9O4S/c1-2-18-5(11,12)3(7,4(8,9)10)19-6(13,14)20(15,16)17/h2H,1H2. The van der Waals surface area contributed by atoms with E-state index >= 15 is 0 Å². The van der Waals surface area contributed by atoms with Crippen LogP contribution in [0, 0.1) is 0 Å². The van der Waals surface area contributed by atoms with Crippen LogP contribution in [-0.4, -0.2) is 32.0 Å². The van der Waals surface area contributed by atoms with Crippen LogP contribution in [0.25, 0.3) is 0 Å². The summed E-state index contributed by atoms with van der Waals surface area (Å²) in [5.74, 6) is -6.67. The maximum Gasteiger partial charge on any atom is 0.495 e. The summed E-state index contributed by atoms with van der Waals surface area (Å²) in [5, 5.41) is 0. The molecule has 0 aromatic carbocycles. The largest absolute Gasteiger partial charge is 0.495 e. The van der Waals surface area contributed by atoms with Gasteiger partial charge in [0.15, 0.2) is 0 Å². The smallest absolute Gasteiger partial charge is 0.437 e. The van der Waals surface area contributed by atoms with E-state index in [-0.39, 0.29) is 0 Å². The van der Waals surface area contributed by atoms with Crippen molar-refractivity contribution >= 4 is 10.2 Å². The van der Waals surface area contributed by atoms with E-state index in [0.29, 0.717) is 0 Å². The minimum Gasteiger partial charge on any atom is -0.437 e. The maximum atomic E-state index is 13.1. The summed E-state index contributed by atoms with van der Waals surface area (Å²) in [6.07, 6.45) is -13.6. The Kier molecular flexibility index (Phi) is 4.69. The summed E-state index contributed by atoms with van der Waals surface area (Å²) in [6.45, 7) is 2.32. The van der Waals surface area contributed by atoms with Crippen molar-refractivity contribution in [2.45, 2.75) is 23.6 Å². The van der Waals surface area contributed by atoms with E-state index in [1.54, 1.807) is 0 Å². The van der Waals surface area contributed by atoms with Crippen LogP contribution in [0.2, 0.25) is 0 Å². The molecule has 0 aliphatic carbocycles. The average molecular weight is 342 g/mol. The van der Waals surface area contributed by atoms with E-state index in [0.717, 1.165) is 0 Å². The molecule has 0 bridgehead atoms. The zero-order chi connectivity index (χ0) is 16.6. The first-order valence-electron chi connectivity index (χ1n) is 3.96. The molecule has 1 unspecified atom stereocenters. The topological polar surface area (TPSA) is 52.6 Å². The minimum absolute atomic E-state index is 0.467. The number of hydrogen-bond donors (Lipinski definition) is 0. The van der Waals surface area contributed by atoms with Crippen molar-refractivity contribution in [3.8, 4) is 0 Å². The molecule has 0 aliphatic heterocycles. The Morgan fingerprint density at radius 3 is 1.60 bits per heavy atom. The number of ether oxygens (including phenoxy) is 2. The molecular weight excluding hydrogens is 339 g/mol. The van der Waals surface area contributed by atoms with Gasteiger partial charge in [0.2, 0.25) is 0 Å². The van der Waals surface area contributed by atoms with Gasteiger partial charge in [-0.25, -0.2) is 0 Å². The lowest BCUT2D eigenvalue weighted by atomic mass is 10.2. The van der Waals surface area contributed by atoms with Gasteiger partial charge < -0.3 is 4.74 Å². The van der Waals surface area contributed by atoms with Gasteiger partial charge in [0.25, 0.3) is 0 Å². The van der Waals surface area contributed by atoms with Gasteiger partial charge in [-0.05, 0) is 0 Å². The van der Waals surface area contributed by atoms with Gasteiger partial charge in [-0.2, -0.15) is 43.5 Å². The molecule has 0 rings (SSSR count). The molecule has 0 saturated heterocycles. The molecule has 0 fully saturated rings. The number of hydrogen-bond acceptors (Lipinski definition) is 4. The SMILES string of the molecule is C=COC(F)(F)C(F)(OC(F)(F)S(=O)(=O)F)C(F)(F)F. The summed E-state index contributed by atoms with van der Waals surface area (Å²) in [4.78, 5) is 0. The second-order valence-electron chi connectivity index (χ2n) is 2.90. The first-order valence-corrected chi connectivity index (χ1v) is 5.34. The van der Waals surface area contributed by atoms with Gasteiger partial charge in [-0.15, -0.1) is 0 Å². The third-order valence-electron chi connectivity index (χ3n) is 1.51. The molecule has 0 heterocycles. The van der Waals surface area contributed by atoms with Crippen LogP contribution in [0.4, 0.5) is 39.0 Å². The predicted molar refractivity (Wildman–Crippen MR) is 42.2 cm³/mol. The van der Waals surface area contributed by atoms with E-state index < -0.39 is 40.1 Å². The lowest BCUT2D eigenvalue weighted by Gasteiger charge is -2.33. The van der Waals surface area contributed by atoms with E-state index in [4.69, 9.17) is 0 Å². The lowest BCUT2D eigenvalue weighted by Crippen LogP contribution is -2.61. The quantitative estimate of drug-likeness (QED) is 0.423. The van der Waals surface area contributed by atoms with Crippen molar-refractivity contribution in [1.29, 1.82) is 0 Å². The van der Waals surface area contributed by atoms with Gasteiger partial charge in [-0.3, -0.25) is 4.74 Å². The maximum absolute atomic E-state index is 13.1. The zero-order valence-electron chi connectivity index (χ0n) is 8.73. The fourth-order valence-electron chi connectivity index (χ4n) is 0.676. The second kappa shape index (κ2) is 4.98. The summed E-state index contributed by atoms with van der Waals surface area (Å²) >= 11 is 0. The minimum atomic E-state index is -7.28. The van der Waals surface area contributed by atoms with Crippen molar-refractivity contribution in [1.82, 2.24) is 0 Å². The first kappa shape index (κ1) is 18.8. The van der Waals surface area contributed by atoms with Gasteiger partial charge in [0.05, 0.1) is 6.26 Å². The molecule has 0 N–H and O–H groups in total. The van der Waals surface area contributed by atoms with Crippen LogP contribution in [0.15, 0.2) is 12.8 Å². The molecule has 4 nitrogen and oxygen atoms in total. The Bertz CT molecular complexity index is 469. The van der Waals surface area contributed by atoms with Gasteiger partial charge in [0.1, 0.15) is 0 Å². The summed E-state index contributed by atoms with van der Waals surface area (Å²) < 4.78 is 136. The van der Waals surface area contributed by atoms with Crippen LogP contribution < -0.4 is 0 Å². The Balaban J connectivity index is 5.92. The fourth-order valence-corrected chi connectivity index (χ4v) is 0.891. The number of rotatable bonds is 6. The van der Waals surface area contributed by atoms with Crippen molar-refractivity contribution in [3.63, 3.8) is 0 Å². The molecule has 0 radical (unpaired) electrons. The van der Waals surface area contributed by atoms with E-state index in [1.165, 1.54) is 0 Å². The highest BCUT2D eigenvalue weighted by atomic mass is 32.3. The van der Waals surface area contributed by atoms with Crippen molar-refractivity contribution in [2.75, 3.05) is 0 Å². The van der Waals surface area contributed by atoms with Gasteiger partial charge in [0, 0.05) is 0 Å². The molecule has 0 aromatic heterocycles. The zero-order valence-corrected chi connectivity index (χ0v) is 9.54. The molecule has 120 valence electrons. The Morgan fingerprint density at radius 1 is 0.950 bits per heavy atom. The third-order valence-corrected chi connectivity index (χ3v) is 2.16. The first-order chi connectivity index (χ1) is 8.52. The average Bonchev–Trinajstić information content (AvgIpc) is 2.12. The monoisotopic (exact) mass is 342 g/mol. The number of alkyl halides is 8. The van der Waals surface area contributed by atoms with Crippen molar-refractivity contribution in [3.05, 3.63) is 12.8 Å². The molecule has 0 aliphatic rings. The van der Waals surface area contributed by atoms with E-state index in [9.17, 15) is 47.4 Å². The highest BCUT2D eigenvalue weighted by molar-refractivity contribution is 7.87. The number of halogens is 9. The normalized spacial score (nSPS) is 17.4. The van der Waals surface area contributed by atoms with Gasteiger partial charge in [-0.1, -0.05) is 10.5 Å². The Labute approximate surface area is 105 Å². The Hall–Kier alpha value is -1.18. The van der Waals surface area contributed by atoms with Crippen molar-refractivity contribution in [2.24, 2.45) is 0 Å². The van der Waals surface area contributed by atoms with Crippen LogP contribution in [0.5, 0.6) is 0 Å². The highest BCUT2D eigenvalue weighted by Gasteiger charge is 2.79. The summed E-state index contributed by atoms with van der Waals surface area (Å²) in [6, 6.07) is 0. The highest BCUT2D eigenvalue weighted by Crippen LogP contribution is 2.50. The Morgan fingerprint density at radius 2 is 1.35 bits per heavy atom.